The highest BCUT2D eigenvalue weighted by Gasteiger charge is 2.17. The van der Waals surface area contributed by atoms with Crippen molar-refractivity contribution in [2.24, 2.45) is 0 Å². The Labute approximate surface area is 121 Å². The van der Waals surface area contributed by atoms with Gasteiger partial charge in [-0.1, -0.05) is 23.2 Å². The van der Waals surface area contributed by atoms with Crippen molar-refractivity contribution in [3.8, 4) is 0 Å². The Morgan fingerprint density at radius 1 is 1.28 bits per heavy atom. The first-order valence-corrected chi connectivity index (χ1v) is 7.61. The molecule has 0 aliphatic heterocycles. The molecule has 1 unspecified atom stereocenters. The highest BCUT2D eigenvalue weighted by atomic mass is 35.5. The molecule has 18 heavy (non-hydrogen) atoms. The van der Waals surface area contributed by atoms with Crippen LogP contribution in [0.15, 0.2) is 23.1 Å². The minimum absolute atomic E-state index is 0.00119. The predicted molar refractivity (Wildman–Crippen MR) is 73.2 cm³/mol. The summed E-state index contributed by atoms with van der Waals surface area (Å²) in [5.41, 5.74) is 0. The molecule has 4 nitrogen and oxygen atoms in total. The number of sulfonamides is 1. The number of halogens is 3. The van der Waals surface area contributed by atoms with E-state index in [1.165, 1.54) is 25.3 Å². The van der Waals surface area contributed by atoms with Crippen molar-refractivity contribution in [2.45, 2.75) is 10.3 Å². The lowest BCUT2D eigenvalue weighted by Crippen LogP contribution is -2.31. The largest absolute Gasteiger partial charge is 0.383 e. The number of alkyl halides is 1. The van der Waals surface area contributed by atoms with E-state index in [1.54, 1.807) is 0 Å². The van der Waals surface area contributed by atoms with E-state index in [2.05, 4.69) is 4.72 Å². The Balaban J connectivity index is 2.80. The summed E-state index contributed by atoms with van der Waals surface area (Å²) in [5.74, 6) is 0. The fourth-order valence-corrected chi connectivity index (χ4v) is 3.31. The molecular weight excluding hydrogens is 321 g/mol. The molecule has 0 aliphatic rings. The number of ether oxygens (including phenoxy) is 1. The van der Waals surface area contributed by atoms with Gasteiger partial charge in [0.2, 0.25) is 10.0 Å². The monoisotopic (exact) mass is 331 g/mol. The average molecular weight is 333 g/mol. The van der Waals surface area contributed by atoms with Crippen LogP contribution in [0.4, 0.5) is 0 Å². The lowest BCUT2D eigenvalue weighted by Gasteiger charge is -2.11. The quantitative estimate of drug-likeness (QED) is 0.814. The van der Waals surface area contributed by atoms with Gasteiger partial charge in [-0.15, -0.1) is 11.6 Å². The van der Waals surface area contributed by atoms with Gasteiger partial charge >= 0.3 is 0 Å². The van der Waals surface area contributed by atoms with Crippen molar-refractivity contribution in [3.05, 3.63) is 28.2 Å². The van der Waals surface area contributed by atoms with Gasteiger partial charge in [-0.25, -0.2) is 13.1 Å². The van der Waals surface area contributed by atoms with Crippen molar-refractivity contribution in [2.75, 3.05) is 20.3 Å². The predicted octanol–water partition coefficient (Wildman–Crippen LogP) is 2.53. The maximum Gasteiger partial charge on any atom is 0.240 e. The fourth-order valence-electron chi connectivity index (χ4n) is 1.21. The van der Waals surface area contributed by atoms with Crippen LogP contribution < -0.4 is 4.72 Å². The number of nitrogens with one attached hydrogen (secondary N) is 1. The van der Waals surface area contributed by atoms with E-state index >= 15 is 0 Å². The molecule has 1 N–H and O–H groups in total. The van der Waals surface area contributed by atoms with Crippen LogP contribution in [0.25, 0.3) is 0 Å². The molecule has 1 aromatic rings. The molecule has 1 atom stereocenters. The van der Waals surface area contributed by atoms with E-state index in [-0.39, 0.29) is 28.1 Å². The smallest absolute Gasteiger partial charge is 0.240 e. The Morgan fingerprint density at radius 2 is 1.83 bits per heavy atom. The number of methoxy groups -OCH3 is 1. The Bertz CT molecular complexity index is 487. The van der Waals surface area contributed by atoms with Crippen molar-refractivity contribution in [3.63, 3.8) is 0 Å². The third kappa shape index (κ3) is 4.91. The molecule has 0 aliphatic carbocycles. The van der Waals surface area contributed by atoms with Gasteiger partial charge in [-0.05, 0) is 18.2 Å². The Morgan fingerprint density at radius 3 is 2.33 bits per heavy atom. The van der Waals surface area contributed by atoms with E-state index in [0.29, 0.717) is 0 Å². The second kappa shape index (κ2) is 6.93. The van der Waals surface area contributed by atoms with Crippen LogP contribution >= 0.6 is 34.8 Å². The highest BCUT2D eigenvalue weighted by molar-refractivity contribution is 7.89. The maximum absolute atomic E-state index is 11.9. The van der Waals surface area contributed by atoms with Gasteiger partial charge in [-0.2, -0.15) is 0 Å². The summed E-state index contributed by atoms with van der Waals surface area (Å²) in [6, 6.07) is 4.09. The van der Waals surface area contributed by atoms with Gasteiger partial charge in [0.1, 0.15) is 0 Å². The van der Waals surface area contributed by atoms with Crippen LogP contribution in [0, 0.1) is 0 Å². The van der Waals surface area contributed by atoms with Crippen LogP contribution in [0.3, 0.4) is 0 Å². The average Bonchev–Trinajstić information content (AvgIpc) is 2.26. The van der Waals surface area contributed by atoms with E-state index in [4.69, 9.17) is 39.5 Å². The Hall–Kier alpha value is -0.0400. The summed E-state index contributed by atoms with van der Waals surface area (Å²) < 4.78 is 31.0. The standard InChI is InChI=1S/C10H12Cl3NO3S/c1-17-6-9(13)5-14-18(15,16)10-3-7(11)2-8(12)4-10/h2-4,9,14H,5-6H2,1H3. The molecule has 0 bridgehead atoms. The normalized spacial score (nSPS) is 13.6. The second-order valence-electron chi connectivity index (χ2n) is 3.51. The zero-order valence-electron chi connectivity index (χ0n) is 9.49. The summed E-state index contributed by atoms with van der Waals surface area (Å²) in [6.07, 6.45) is 0. The Kier molecular flexibility index (Phi) is 6.17. The summed E-state index contributed by atoms with van der Waals surface area (Å²) in [6.45, 7) is 0.308. The molecule has 0 heterocycles. The van der Waals surface area contributed by atoms with Gasteiger partial charge in [0.15, 0.2) is 0 Å². The van der Waals surface area contributed by atoms with Crippen LogP contribution in [0.2, 0.25) is 10.0 Å². The number of benzene rings is 1. The van der Waals surface area contributed by atoms with Gasteiger partial charge < -0.3 is 4.74 Å². The van der Waals surface area contributed by atoms with Crippen LogP contribution in [-0.2, 0) is 14.8 Å². The maximum atomic E-state index is 11.9. The van der Waals surface area contributed by atoms with E-state index in [0.717, 1.165) is 0 Å². The van der Waals surface area contributed by atoms with Crippen molar-refractivity contribution in [1.29, 1.82) is 0 Å². The number of hydrogen-bond acceptors (Lipinski definition) is 3. The molecule has 102 valence electrons. The topological polar surface area (TPSA) is 55.4 Å². The minimum atomic E-state index is -3.68. The third-order valence-corrected chi connectivity index (χ3v) is 4.11. The molecule has 0 saturated carbocycles. The third-order valence-electron chi connectivity index (χ3n) is 1.99. The molecular formula is C10H12Cl3NO3S. The first-order chi connectivity index (χ1) is 8.35. The highest BCUT2D eigenvalue weighted by Crippen LogP contribution is 2.22. The van der Waals surface area contributed by atoms with Crippen LogP contribution in [0.1, 0.15) is 0 Å². The lowest BCUT2D eigenvalue weighted by molar-refractivity contribution is 0.198. The first kappa shape index (κ1) is 16.0. The van der Waals surface area contributed by atoms with E-state index < -0.39 is 15.4 Å². The summed E-state index contributed by atoms with van der Waals surface area (Å²) in [5, 5.41) is 0.0591. The molecule has 1 aromatic carbocycles. The van der Waals surface area contributed by atoms with E-state index in [1.807, 2.05) is 0 Å². The van der Waals surface area contributed by atoms with Gasteiger partial charge in [0.05, 0.1) is 16.9 Å². The van der Waals surface area contributed by atoms with Crippen molar-refractivity contribution in [1.82, 2.24) is 4.72 Å². The van der Waals surface area contributed by atoms with Crippen LogP contribution in [-0.4, -0.2) is 34.1 Å². The fraction of sp³-hybridized carbons (Fsp3) is 0.400. The van der Waals surface area contributed by atoms with E-state index in [9.17, 15) is 8.42 Å². The molecule has 0 radical (unpaired) electrons. The lowest BCUT2D eigenvalue weighted by atomic mass is 10.4. The number of rotatable bonds is 6. The van der Waals surface area contributed by atoms with Crippen molar-refractivity contribution >= 4 is 44.8 Å². The SMILES string of the molecule is COCC(Cl)CNS(=O)(=O)c1cc(Cl)cc(Cl)c1. The molecule has 1 rings (SSSR count). The molecule has 0 aromatic heterocycles. The molecule has 8 heteroatoms. The van der Waals surface area contributed by atoms with Gasteiger partial charge in [0, 0.05) is 23.7 Å². The van der Waals surface area contributed by atoms with Gasteiger partial charge in [-0.3, -0.25) is 0 Å². The molecule has 0 spiro atoms. The molecule has 0 amide bonds. The zero-order valence-corrected chi connectivity index (χ0v) is 12.6. The first-order valence-electron chi connectivity index (χ1n) is 4.94. The second-order valence-corrected chi connectivity index (χ2v) is 6.77. The minimum Gasteiger partial charge on any atom is -0.383 e. The summed E-state index contributed by atoms with van der Waals surface area (Å²) in [4.78, 5) is 0.00119. The number of hydrogen-bond donors (Lipinski definition) is 1. The zero-order chi connectivity index (χ0) is 13.8. The van der Waals surface area contributed by atoms with Crippen LogP contribution in [0.5, 0.6) is 0 Å². The van der Waals surface area contributed by atoms with Gasteiger partial charge in [0.25, 0.3) is 0 Å². The molecule has 0 fully saturated rings. The van der Waals surface area contributed by atoms with Crippen molar-refractivity contribution < 1.29 is 13.2 Å². The summed E-state index contributed by atoms with van der Waals surface area (Å²) >= 11 is 17.3. The summed E-state index contributed by atoms with van der Waals surface area (Å²) in [7, 11) is -2.19. The molecule has 0 saturated heterocycles.